The molecule has 236 valence electrons. The minimum Gasteiger partial charge on any atom is -0.506 e. The summed E-state index contributed by atoms with van der Waals surface area (Å²) in [6, 6.07) is 7.51. The topological polar surface area (TPSA) is 118 Å². The molecule has 3 aromatic heterocycles. The number of nitrogens with zero attached hydrogens (tertiary/aromatic N) is 2. The zero-order valence-corrected chi connectivity index (χ0v) is 27.6. The van der Waals surface area contributed by atoms with Gasteiger partial charge in [0.1, 0.15) is 11.3 Å². The van der Waals surface area contributed by atoms with Gasteiger partial charge in [-0.25, -0.2) is 0 Å². The van der Waals surface area contributed by atoms with Gasteiger partial charge in [0.25, 0.3) is 5.91 Å². The Kier molecular flexibility index (Phi) is 9.58. The average molecular weight is 657 g/mol. The molecule has 44 heavy (non-hydrogen) atoms. The minimum atomic E-state index is -0.781. The molecule has 0 bridgehead atoms. The van der Waals surface area contributed by atoms with Gasteiger partial charge in [-0.15, -0.1) is 22.7 Å². The Labute approximate surface area is 269 Å². The number of phenolic OH excluding ortho intramolecular Hbond substituents is 1. The number of likely N-dealkylation sites (tertiary alicyclic amines) is 1. The van der Waals surface area contributed by atoms with Crippen molar-refractivity contribution in [3.8, 4) is 5.75 Å². The summed E-state index contributed by atoms with van der Waals surface area (Å²) in [5.41, 5.74) is 2.85. The lowest BCUT2D eigenvalue weighted by Gasteiger charge is -2.47. The molecule has 0 radical (unpaired) electrons. The number of morpholine rings is 1. The highest BCUT2D eigenvalue weighted by Gasteiger charge is 2.41. The molecule has 1 spiro atoms. The van der Waals surface area contributed by atoms with E-state index in [0.29, 0.717) is 47.9 Å². The van der Waals surface area contributed by atoms with Crippen LogP contribution in [-0.4, -0.2) is 82.4 Å². The summed E-state index contributed by atoms with van der Waals surface area (Å²) >= 11 is 4.46. The number of amides is 1. The van der Waals surface area contributed by atoms with Crippen LogP contribution in [0.15, 0.2) is 39.8 Å². The van der Waals surface area contributed by atoms with Gasteiger partial charge in [-0.2, -0.15) is 0 Å². The molecule has 1 amide bonds. The van der Waals surface area contributed by atoms with E-state index in [-0.39, 0.29) is 22.1 Å². The van der Waals surface area contributed by atoms with Crippen molar-refractivity contribution in [1.82, 2.24) is 20.1 Å². The molecule has 2 aliphatic heterocycles. The summed E-state index contributed by atoms with van der Waals surface area (Å²) in [6.07, 6.45) is 1.93. The number of thiazole rings is 1. The number of nitrogens with one attached hydrogen (secondary N) is 2. The van der Waals surface area contributed by atoms with E-state index >= 15 is 0 Å². The quantitative estimate of drug-likeness (QED) is 0.179. The number of aromatic amines is 1. The fourth-order valence-electron chi connectivity index (χ4n) is 6.13. The Morgan fingerprint density at radius 3 is 2.75 bits per heavy atom. The van der Waals surface area contributed by atoms with Gasteiger partial charge in [-0.05, 0) is 60.9 Å². The van der Waals surface area contributed by atoms with E-state index in [1.54, 1.807) is 28.7 Å². The third-order valence-electron chi connectivity index (χ3n) is 8.70. The number of H-pyrrole nitrogens is 1. The Bertz CT molecular complexity index is 1650. The van der Waals surface area contributed by atoms with Crippen molar-refractivity contribution in [2.45, 2.75) is 57.3 Å². The monoisotopic (exact) mass is 656 g/mol. The van der Waals surface area contributed by atoms with Crippen LogP contribution in [0.3, 0.4) is 0 Å². The number of carbonyl (C=O) groups excluding carboxylic acids is 1. The van der Waals surface area contributed by atoms with Gasteiger partial charge >= 0.3 is 4.87 Å². The van der Waals surface area contributed by atoms with Gasteiger partial charge in [0, 0.05) is 53.4 Å². The summed E-state index contributed by atoms with van der Waals surface area (Å²) in [4.78, 5) is 34.5. The number of aromatic nitrogens is 1. The fraction of sp³-hybridized carbons (Fsp3) is 0.500. The van der Waals surface area contributed by atoms with Crippen LogP contribution in [0, 0.1) is 0 Å². The summed E-state index contributed by atoms with van der Waals surface area (Å²) < 4.78 is 6.92. The predicted octanol–water partition coefficient (Wildman–Crippen LogP) is 4.91. The average Bonchev–Trinajstić information content (AvgIpc) is 3.77. The van der Waals surface area contributed by atoms with Crippen molar-refractivity contribution < 1.29 is 19.7 Å². The second-order valence-electron chi connectivity index (χ2n) is 12.2. The van der Waals surface area contributed by atoms with Crippen LogP contribution in [0.5, 0.6) is 5.75 Å². The second kappa shape index (κ2) is 13.4. The van der Waals surface area contributed by atoms with Crippen molar-refractivity contribution in [2.75, 3.05) is 45.9 Å². The van der Waals surface area contributed by atoms with Crippen LogP contribution >= 0.6 is 34.0 Å². The Morgan fingerprint density at radius 2 is 1.98 bits per heavy atom. The molecule has 2 aliphatic rings. The summed E-state index contributed by atoms with van der Waals surface area (Å²) in [6.45, 7) is 10.1. The van der Waals surface area contributed by atoms with E-state index in [4.69, 9.17) is 4.74 Å². The van der Waals surface area contributed by atoms with E-state index in [1.807, 2.05) is 10.3 Å². The molecular weight excluding hydrogens is 617 g/mol. The number of hydrogen-bond donors (Lipinski definition) is 4. The maximum absolute atomic E-state index is 13.3. The maximum Gasteiger partial charge on any atom is 0.305 e. The molecule has 2 saturated heterocycles. The summed E-state index contributed by atoms with van der Waals surface area (Å²) in [7, 11) is 0. The van der Waals surface area contributed by atoms with Crippen LogP contribution in [0.2, 0.25) is 0 Å². The molecule has 5 heterocycles. The highest BCUT2D eigenvalue weighted by molar-refractivity contribution is 7.16. The largest absolute Gasteiger partial charge is 0.506 e. The molecule has 4 N–H and O–H groups in total. The van der Waals surface area contributed by atoms with Crippen molar-refractivity contribution >= 4 is 50.1 Å². The third kappa shape index (κ3) is 6.96. The Morgan fingerprint density at radius 1 is 1.16 bits per heavy atom. The molecule has 0 aliphatic carbocycles. The molecule has 12 heteroatoms. The van der Waals surface area contributed by atoms with Crippen LogP contribution in [0.4, 0.5) is 0 Å². The number of aliphatic hydroxyl groups excluding tert-OH is 1. The number of rotatable bonds is 10. The number of carbonyl (C=O) groups is 1. The summed E-state index contributed by atoms with van der Waals surface area (Å²) in [5, 5.41) is 28.3. The number of fused-ring (bicyclic) bond motifs is 1. The minimum absolute atomic E-state index is 0.00925. The molecule has 9 nitrogen and oxygen atoms in total. The number of benzene rings is 1. The smallest absolute Gasteiger partial charge is 0.305 e. The molecule has 0 saturated carbocycles. The number of aromatic hydroxyl groups is 1. The number of thiophene rings is 2. The second-order valence-corrected chi connectivity index (χ2v) is 15.1. The van der Waals surface area contributed by atoms with Crippen molar-refractivity contribution in [3.05, 3.63) is 71.1 Å². The van der Waals surface area contributed by atoms with Gasteiger partial charge in [-0.3, -0.25) is 14.5 Å². The van der Waals surface area contributed by atoms with Crippen molar-refractivity contribution in [2.24, 2.45) is 0 Å². The number of phenols is 1. The number of ether oxygens (including phenoxy) is 1. The number of aliphatic hydroxyl groups is 1. The first-order valence-corrected chi connectivity index (χ1v) is 17.8. The van der Waals surface area contributed by atoms with Crippen molar-refractivity contribution in [3.63, 3.8) is 0 Å². The summed E-state index contributed by atoms with van der Waals surface area (Å²) in [5.74, 6) is 0.572. The molecular formula is C32H40N4O5S3. The predicted molar refractivity (Wildman–Crippen MR) is 177 cm³/mol. The van der Waals surface area contributed by atoms with E-state index in [0.717, 1.165) is 62.3 Å². The molecule has 4 aromatic rings. The van der Waals surface area contributed by atoms with E-state index in [9.17, 15) is 19.8 Å². The zero-order valence-electron chi connectivity index (χ0n) is 25.1. The van der Waals surface area contributed by atoms with Gasteiger partial charge in [0.05, 0.1) is 35.1 Å². The van der Waals surface area contributed by atoms with Gasteiger partial charge in [-0.1, -0.05) is 31.3 Å². The van der Waals surface area contributed by atoms with Crippen LogP contribution in [-0.2, 0) is 17.7 Å². The highest BCUT2D eigenvalue weighted by Crippen LogP contribution is 2.33. The van der Waals surface area contributed by atoms with Crippen molar-refractivity contribution in [1.29, 1.82) is 0 Å². The molecule has 1 atom stereocenters. The third-order valence-corrected chi connectivity index (χ3v) is 11.8. The van der Waals surface area contributed by atoms with E-state index < -0.39 is 6.10 Å². The Balaban J connectivity index is 0.945. The van der Waals surface area contributed by atoms with Crippen LogP contribution in [0.1, 0.15) is 70.0 Å². The van der Waals surface area contributed by atoms with Gasteiger partial charge < -0.3 is 30.2 Å². The van der Waals surface area contributed by atoms with E-state index in [2.05, 4.69) is 46.6 Å². The van der Waals surface area contributed by atoms with Crippen LogP contribution in [0.25, 0.3) is 10.2 Å². The van der Waals surface area contributed by atoms with Crippen LogP contribution < -0.4 is 10.2 Å². The standard InChI is InChI=1S/C32H40N4O5S3/c1-20(2)27-14-22(18-43-27)30(39)36-11-12-41-32(19-36)6-9-35(10-7-32)16-23-13-21(17-42-23)5-8-33-15-26(38)24-3-4-25(37)28-29(24)44-31(40)34-28/h3-4,13-14,17-18,20,26,33,37-38H,5-12,15-16,19H2,1-2H3,(H,34,40). The first kappa shape index (κ1) is 31.4. The molecule has 1 aromatic carbocycles. The number of piperidine rings is 1. The van der Waals surface area contributed by atoms with Gasteiger partial charge in [0.2, 0.25) is 0 Å². The number of hydrogen-bond acceptors (Lipinski definition) is 10. The molecule has 6 rings (SSSR count). The SMILES string of the molecule is CC(C)c1cc(C(=O)N2CCOC3(CCN(Cc4cc(CCNCC(O)c5ccc(O)c6[nH]c(=O)sc56)cs4)CC3)C2)cs1. The zero-order chi connectivity index (χ0) is 30.8. The van der Waals surface area contributed by atoms with Gasteiger partial charge in [0.15, 0.2) is 0 Å². The lowest BCUT2D eigenvalue weighted by Crippen LogP contribution is -2.57. The maximum atomic E-state index is 13.3. The molecule has 1 unspecified atom stereocenters. The lowest BCUT2D eigenvalue weighted by atomic mass is 9.89. The molecule has 2 fully saturated rings. The Hall–Kier alpha value is -2.58. The first-order valence-electron chi connectivity index (χ1n) is 15.2. The fourth-order valence-corrected chi connectivity index (χ4v) is 8.92. The van der Waals surface area contributed by atoms with E-state index in [1.165, 1.54) is 21.4 Å². The normalized spacial score (nSPS) is 18.0. The first-order chi connectivity index (χ1) is 21.2. The lowest BCUT2D eigenvalue weighted by molar-refractivity contribution is -0.127. The highest BCUT2D eigenvalue weighted by atomic mass is 32.1.